The maximum absolute atomic E-state index is 11.7. The van der Waals surface area contributed by atoms with E-state index in [1.54, 1.807) is 6.07 Å². The van der Waals surface area contributed by atoms with Crippen molar-refractivity contribution in [3.63, 3.8) is 0 Å². The van der Waals surface area contributed by atoms with Crippen molar-refractivity contribution in [1.29, 1.82) is 0 Å². The van der Waals surface area contributed by atoms with Crippen molar-refractivity contribution in [2.45, 2.75) is 105 Å². The molecule has 1 N–H and O–H groups in total. The van der Waals surface area contributed by atoms with Crippen molar-refractivity contribution >= 4 is 33.0 Å². The predicted molar refractivity (Wildman–Crippen MR) is 338 cm³/mol. The van der Waals surface area contributed by atoms with Gasteiger partial charge in [-0.05, 0) is 133 Å². The zero-order valence-electron chi connectivity index (χ0n) is 48.9. The molecule has 410 valence electrons. The fourth-order valence-corrected chi connectivity index (χ4v) is 12.7. The smallest absolute Gasteiger partial charge is 0.163 e. The van der Waals surface area contributed by atoms with Gasteiger partial charge in [-0.2, -0.15) is 0 Å². The van der Waals surface area contributed by atoms with E-state index in [1.807, 2.05) is 6.07 Å². The third kappa shape index (κ3) is 8.78. The number of aromatic hydroxyl groups is 1. The summed E-state index contributed by atoms with van der Waals surface area (Å²) in [5.41, 5.74) is 23.3. The molecular formula is C76H68N3O2Pt-. The summed E-state index contributed by atoms with van der Waals surface area (Å²) >= 11 is 0. The Labute approximate surface area is 497 Å². The summed E-state index contributed by atoms with van der Waals surface area (Å²) in [5, 5.41) is 13.7. The molecule has 0 radical (unpaired) electrons. The molecule has 1 aliphatic carbocycles. The average Bonchev–Trinajstić information content (AvgIpc) is 3.14. The third-order valence-corrected chi connectivity index (χ3v) is 17.9. The minimum atomic E-state index is -0.300. The van der Waals surface area contributed by atoms with Gasteiger partial charge in [-0.25, -0.2) is 9.97 Å². The molecule has 0 bridgehead atoms. The summed E-state index contributed by atoms with van der Waals surface area (Å²) < 4.78 is 9.44. The van der Waals surface area contributed by atoms with Crippen LogP contribution < -0.4 is 0 Å². The normalized spacial score (nSPS) is 13.8. The number of benzene rings is 9. The van der Waals surface area contributed by atoms with Crippen molar-refractivity contribution in [3.8, 4) is 89.8 Å². The number of imidazole rings is 1. The SMILES string of the molecule is Cc1cccc(C)c1-n1c(-c2ccc3c(n2)-c2c(O)cccc2C(C)(C)C3(C)C)nc2c(-c3[c-]c(-c4c(-c5cccc(C(C)(C)C)c5)cccc4-c4cc(-c5ccccc5)cc(C(C)(C)C)c4)c4oc5ccccc5c4c3)cccc21.[Pt]. The number of hydrogen-bond donors (Lipinski definition) is 1. The fourth-order valence-electron chi connectivity index (χ4n) is 12.7. The number of hydrogen-bond acceptors (Lipinski definition) is 4. The number of aryl methyl sites for hydroxylation is 2. The van der Waals surface area contributed by atoms with Gasteiger partial charge >= 0.3 is 0 Å². The van der Waals surface area contributed by atoms with E-state index in [0.717, 1.165) is 117 Å². The van der Waals surface area contributed by atoms with Gasteiger partial charge in [0.1, 0.15) is 17.0 Å². The van der Waals surface area contributed by atoms with E-state index in [4.69, 9.17) is 14.4 Å². The molecule has 0 aliphatic heterocycles. The molecule has 6 heteroatoms. The molecule has 0 amide bonds. The van der Waals surface area contributed by atoms with Crippen LogP contribution in [0.2, 0.25) is 0 Å². The number of furan rings is 1. The molecule has 3 aromatic heterocycles. The van der Waals surface area contributed by atoms with Gasteiger partial charge in [-0.3, -0.25) is 4.57 Å². The van der Waals surface area contributed by atoms with Crippen molar-refractivity contribution in [3.05, 3.63) is 228 Å². The molecule has 0 fully saturated rings. The first-order chi connectivity index (χ1) is 38.7. The quantitative estimate of drug-likeness (QED) is 0.162. The van der Waals surface area contributed by atoms with E-state index in [0.29, 0.717) is 11.5 Å². The van der Waals surface area contributed by atoms with E-state index in [9.17, 15) is 5.11 Å². The van der Waals surface area contributed by atoms with Gasteiger partial charge in [0.25, 0.3) is 0 Å². The minimum absolute atomic E-state index is 0. The number of rotatable bonds is 7. The zero-order valence-corrected chi connectivity index (χ0v) is 51.2. The Morgan fingerprint density at radius 2 is 1.12 bits per heavy atom. The number of para-hydroxylation sites is 3. The number of phenolic OH excluding ortho intramolecular Hbond substituents is 1. The summed E-state index contributed by atoms with van der Waals surface area (Å²) in [4.78, 5) is 11.4. The van der Waals surface area contributed by atoms with Crippen LogP contribution in [0, 0.1) is 19.9 Å². The Balaban J connectivity index is 0.00000665. The van der Waals surface area contributed by atoms with Crippen LogP contribution >= 0.6 is 0 Å². The van der Waals surface area contributed by atoms with Crippen LogP contribution in [0.25, 0.3) is 117 Å². The van der Waals surface area contributed by atoms with Crippen LogP contribution in [0.4, 0.5) is 0 Å². The largest absolute Gasteiger partial charge is 0.507 e. The maximum atomic E-state index is 11.7. The summed E-state index contributed by atoms with van der Waals surface area (Å²) in [7, 11) is 0. The van der Waals surface area contributed by atoms with E-state index >= 15 is 0 Å². The van der Waals surface area contributed by atoms with E-state index in [2.05, 4.69) is 270 Å². The standard InChI is InChI=1S/C76H68N3O2.Pt/c1-45-23-18-24-46(2)70(45)79-63-34-21-32-56(68(63)78-72(79)62-38-37-61-69(77-62)67-60(33-22-35-64(67)80)75(9,10)76(61,11)12)51-43-58-57-29-16-17-36-65(57)81-71(58)59(44-51)66-54(48-27-19-28-52(40-48)73(3,4)5)30-20-31-55(66)50-39-49(47-25-14-13-15-26-47)41-53(42-50)74(6,7)8;/h13-43,80H,1-12H3;/q-1;. The molecule has 0 atom stereocenters. The summed E-state index contributed by atoms with van der Waals surface area (Å²) in [6, 6.07) is 71.7. The van der Waals surface area contributed by atoms with Crippen LogP contribution in [0.5, 0.6) is 5.75 Å². The van der Waals surface area contributed by atoms with E-state index in [1.165, 1.54) is 22.3 Å². The van der Waals surface area contributed by atoms with Crippen LogP contribution in [0.3, 0.4) is 0 Å². The molecule has 0 saturated heterocycles. The minimum Gasteiger partial charge on any atom is -0.507 e. The van der Waals surface area contributed by atoms with Gasteiger partial charge in [0.2, 0.25) is 0 Å². The Morgan fingerprint density at radius 3 is 1.87 bits per heavy atom. The van der Waals surface area contributed by atoms with Gasteiger partial charge in [-0.15, -0.1) is 17.7 Å². The average molecular weight is 1250 g/mol. The van der Waals surface area contributed by atoms with Crippen molar-refractivity contribution < 1.29 is 30.6 Å². The van der Waals surface area contributed by atoms with Gasteiger partial charge in [0.15, 0.2) is 5.82 Å². The van der Waals surface area contributed by atoms with E-state index in [-0.39, 0.29) is 48.5 Å². The third-order valence-electron chi connectivity index (χ3n) is 17.9. The Hall–Kier alpha value is -8.11. The van der Waals surface area contributed by atoms with Crippen LogP contribution in [0.1, 0.15) is 103 Å². The molecular weight excluding hydrogens is 1180 g/mol. The van der Waals surface area contributed by atoms with Crippen LogP contribution in [-0.4, -0.2) is 19.6 Å². The molecule has 0 unspecified atom stereocenters. The zero-order chi connectivity index (χ0) is 56.5. The van der Waals surface area contributed by atoms with Crippen molar-refractivity contribution in [2.75, 3.05) is 0 Å². The molecule has 0 spiro atoms. The van der Waals surface area contributed by atoms with Crippen LogP contribution in [-0.2, 0) is 42.7 Å². The first kappa shape index (κ1) is 54.5. The number of aromatic nitrogens is 3. The molecule has 9 aromatic carbocycles. The molecule has 82 heavy (non-hydrogen) atoms. The first-order valence-electron chi connectivity index (χ1n) is 28.5. The second kappa shape index (κ2) is 19.8. The van der Waals surface area contributed by atoms with Gasteiger partial charge in [-0.1, -0.05) is 238 Å². The molecule has 0 saturated carbocycles. The molecule has 5 nitrogen and oxygen atoms in total. The van der Waals surface area contributed by atoms with Crippen LogP contribution in [0.15, 0.2) is 192 Å². The Morgan fingerprint density at radius 1 is 0.512 bits per heavy atom. The Kier molecular flexibility index (Phi) is 13.2. The molecule has 1 aliphatic rings. The fraction of sp³-hybridized carbons (Fsp3) is 0.211. The predicted octanol–water partition coefficient (Wildman–Crippen LogP) is 20.3. The molecule has 13 rings (SSSR count). The van der Waals surface area contributed by atoms with Crippen molar-refractivity contribution in [1.82, 2.24) is 14.5 Å². The summed E-state index contributed by atoms with van der Waals surface area (Å²) in [6.07, 6.45) is 0. The molecule has 12 aromatic rings. The Bertz CT molecular complexity index is 4500. The summed E-state index contributed by atoms with van der Waals surface area (Å²) in [5.74, 6) is 0.942. The van der Waals surface area contributed by atoms with Gasteiger partial charge < -0.3 is 9.52 Å². The molecule has 3 heterocycles. The van der Waals surface area contributed by atoms with Gasteiger partial charge in [0.05, 0.1) is 28.0 Å². The maximum Gasteiger partial charge on any atom is 0.163 e. The number of phenols is 1. The number of nitrogens with zero attached hydrogens (tertiary/aromatic N) is 3. The first-order valence-corrected chi connectivity index (χ1v) is 28.5. The van der Waals surface area contributed by atoms with Crippen molar-refractivity contribution in [2.24, 2.45) is 0 Å². The van der Waals surface area contributed by atoms with E-state index < -0.39 is 0 Å². The summed E-state index contributed by atoms with van der Waals surface area (Å²) in [6.45, 7) is 27.2. The number of fused-ring (bicyclic) bond motifs is 7. The number of pyridine rings is 1. The second-order valence-corrected chi connectivity index (χ2v) is 25.6. The van der Waals surface area contributed by atoms with Gasteiger partial charge in [0, 0.05) is 37.4 Å². The topological polar surface area (TPSA) is 64.1 Å². The monoisotopic (exact) mass is 1250 g/mol. The second-order valence-electron chi connectivity index (χ2n) is 25.6.